The first-order valence-corrected chi connectivity index (χ1v) is 11.1. The Morgan fingerprint density at radius 1 is 1.24 bits per heavy atom. The fourth-order valence-corrected chi connectivity index (χ4v) is 4.90. The second-order valence-corrected chi connectivity index (χ2v) is 9.05. The highest BCUT2D eigenvalue weighted by Gasteiger charge is 2.39. The Hall–Kier alpha value is -1.73. The van der Waals surface area contributed by atoms with Gasteiger partial charge in [0.25, 0.3) is 0 Å². The summed E-state index contributed by atoms with van der Waals surface area (Å²) in [6.07, 6.45) is 10.8. The van der Waals surface area contributed by atoms with Crippen molar-refractivity contribution in [2.75, 3.05) is 44.4 Å². The maximum absolute atomic E-state index is 12.2. The molecule has 4 rings (SSSR count). The zero-order valence-corrected chi connectivity index (χ0v) is 17.6. The van der Waals surface area contributed by atoms with Gasteiger partial charge < -0.3 is 19.7 Å². The van der Waals surface area contributed by atoms with Crippen LogP contribution in [0.15, 0.2) is 12.5 Å². The van der Waals surface area contributed by atoms with E-state index in [2.05, 4.69) is 27.1 Å². The molecule has 4 heterocycles. The Bertz CT molecular complexity index is 674. The molecule has 7 nitrogen and oxygen atoms in total. The monoisotopic (exact) mass is 402 g/mol. The van der Waals surface area contributed by atoms with Gasteiger partial charge in [-0.1, -0.05) is 0 Å². The molecule has 1 spiro atoms. The summed E-state index contributed by atoms with van der Waals surface area (Å²) in [6, 6.07) is 0. The van der Waals surface area contributed by atoms with Crippen molar-refractivity contribution in [3.63, 3.8) is 0 Å². The van der Waals surface area contributed by atoms with Crippen LogP contribution >= 0.6 is 0 Å². The summed E-state index contributed by atoms with van der Waals surface area (Å²) in [6.45, 7) is 7.15. The average molecular weight is 403 g/mol. The second kappa shape index (κ2) is 9.39. The van der Waals surface area contributed by atoms with Crippen LogP contribution in [0.25, 0.3) is 0 Å². The number of carbonyl (C=O) groups excluding carboxylic acids is 1. The molecule has 0 saturated carbocycles. The van der Waals surface area contributed by atoms with Crippen molar-refractivity contribution in [1.82, 2.24) is 15.3 Å². The lowest BCUT2D eigenvalue weighted by Gasteiger charge is -2.46. The van der Waals surface area contributed by atoms with Crippen molar-refractivity contribution in [3.8, 4) is 0 Å². The Kier molecular flexibility index (Phi) is 6.65. The number of hydrogen-bond acceptors (Lipinski definition) is 6. The molecular formula is C22H34N4O3. The molecule has 0 radical (unpaired) electrons. The first-order valence-electron chi connectivity index (χ1n) is 11.1. The Morgan fingerprint density at radius 3 is 2.72 bits per heavy atom. The van der Waals surface area contributed by atoms with Crippen molar-refractivity contribution < 1.29 is 14.3 Å². The molecule has 29 heavy (non-hydrogen) atoms. The van der Waals surface area contributed by atoms with E-state index in [0.29, 0.717) is 24.3 Å². The zero-order chi connectivity index (χ0) is 20.1. The number of nitrogens with zero attached hydrogens (tertiary/aromatic N) is 3. The summed E-state index contributed by atoms with van der Waals surface area (Å²) >= 11 is 0. The fourth-order valence-electron chi connectivity index (χ4n) is 4.90. The van der Waals surface area contributed by atoms with E-state index in [0.717, 1.165) is 76.4 Å². The van der Waals surface area contributed by atoms with E-state index in [4.69, 9.17) is 9.47 Å². The highest BCUT2D eigenvalue weighted by molar-refractivity contribution is 5.76. The lowest BCUT2D eigenvalue weighted by atomic mass is 9.73. The molecule has 3 aliphatic rings. The molecule has 1 aromatic heterocycles. The summed E-state index contributed by atoms with van der Waals surface area (Å²) in [7, 11) is 0. The van der Waals surface area contributed by atoms with Crippen LogP contribution in [0.3, 0.4) is 0 Å². The molecule has 3 aliphatic heterocycles. The number of aromatic nitrogens is 2. The standard InChI is InChI=1S/C22H34N4O3/c1-17-13-23-16-25-21(17)26-8-6-22(7-9-26)5-2-19(29-15-22)14-24-20(27)12-18-3-10-28-11-4-18/h13,16,18-19H,2-12,14-15H2,1H3,(H,24,27)/t19-/m1/s1. The smallest absolute Gasteiger partial charge is 0.220 e. The maximum Gasteiger partial charge on any atom is 0.220 e. The number of piperidine rings is 1. The van der Waals surface area contributed by atoms with Gasteiger partial charge in [0.1, 0.15) is 12.1 Å². The van der Waals surface area contributed by atoms with Crippen LogP contribution in [0.1, 0.15) is 50.5 Å². The topological polar surface area (TPSA) is 76.6 Å². The Morgan fingerprint density at radius 2 is 2.03 bits per heavy atom. The van der Waals surface area contributed by atoms with E-state index in [1.54, 1.807) is 6.33 Å². The molecule has 1 atom stereocenters. The van der Waals surface area contributed by atoms with Gasteiger partial charge >= 0.3 is 0 Å². The van der Waals surface area contributed by atoms with Gasteiger partial charge in [-0.25, -0.2) is 9.97 Å². The van der Waals surface area contributed by atoms with Crippen molar-refractivity contribution in [3.05, 3.63) is 18.1 Å². The van der Waals surface area contributed by atoms with Crippen LogP contribution in [0.4, 0.5) is 5.82 Å². The van der Waals surface area contributed by atoms with Crippen LogP contribution in [-0.4, -0.2) is 61.4 Å². The Balaban J connectivity index is 1.18. The van der Waals surface area contributed by atoms with E-state index >= 15 is 0 Å². The quantitative estimate of drug-likeness (QED) is 0.815. The average Bonchev–Trinajstić information content (AvgIpc) is 2.75. The van der Waals surface area contributed by atoms with Gasteiger partial charge in [0.05, 0.1) is 12.7 Å². The number of rotatable bonds is 5. The number of hydrogen-bond donors (Lipinski definition) is 1. The van der Waals surface area contributed by atoms with Crippen molar-refractivity contribution in [1.29, 1.82) is 0 Å². The number of amides is 1. The lowest BCUT2D eigenvalue weighted by Crippen LogP contribution is -2.48. The van der Waals surface area contributed by atoms with E-state index in [9.17, 15) is 4.79 Å². The summed E-state index contributed by atoms with van der Waals surface area (Å²) in [5, 5.41) is 3.10. The van der Waals surface area contributed by atoms with Gasteiger partial charge in [-0.15, -0.1) is 0 Å². The van der Waals surface area contributed by atoms with Crippen LogP contribution in [-0.2, 0) is 14.3 Å². The van der Waals surface area contributed by atoms with Crippen molar-refractivity contribution in [2.24, 2.45) is 11.3 Å². The molecular weight excluding hydrogens is 368 g/mol. The molecule has 7 heteroatoms. The maximum atomic E-state index is 12.2. The number of aryl methyl sites for hydroxylation is 1. The van der Waals surface area contributed by atoms with Crippen LogP contribution in [0.2, 0.25) is 0 Å². The third kappa shape index (κ3) is 5.25. The van der Waals surface area contributed by atoms with Crippen LogP contribution < -0.4 is 10.2 Å². The molecule has 0 unspecified atom stereocenters. The van der Waals surface area contributed by atoms with Gasteiger partial charge in [0.15, 0.2) is 0 Å². The van der Waals surface area contributed by atoms with Crippen LogP contribution in [0, 0.1) is 18.3 Å². The minimum absolute atomic E-state index is 0.154. The van der Waals surface area contributed by atoms with Gasteiger partial charge in [-0.3, -0.25) is 4.79 Å². The third-order valence-corrected chi connectivity index (χ3v) is 6.95. The minimum atomic E-state index is 0.154. The molecule has 160 valence electrons. The van der Waals surface area contributed by atoms with E-state index in [1.807, 2.05) is 6.20 Å². The third-order valence-electron chi connectivity index (χ3n) is 6.95. The van der Waals surface area contributed by atoms with E-state index in [-0.39, 0.29) is 12.0 Å². The SMILES string of the molecule is Cc1cncnc1N1CCC2(CC[C@H](CNC(=O)CC3CCOCC3)OC2)CC1. The predicted molar refractivity (Wildman–Crippen MR) is 111 cm³/mol. The number of ether oxygens (including phenoxy) is 2. The summed E-state index contributed by atoms with van der Waals surface area (Å²) in [5.41, 5.74) is 1.43. The molecule has 3 saturated heterocycles. The first kappa shape index (κ1) is 20.5. The predicted octanol–water partition coefficient (Wildman–Crippen LogP) is 2.48. The highest BCUT2D eigenvalue weighted by Crippen LogP contribution is 2.41. The van der Waals surface area contributed by atoms with Gasteiger partial charge in [0, 0.05) is 51.0 Å². The van der Waals surface area contributed by atoms with E-state index < -0.39 is 0 Å². The van der Waals surface area contributed by atoms with Gasteiger partial charge in [-0.2, -0.15) is 0 Å². The summed E-state index contributed by atoms with van der Waals surface area (Å²) < 4.78 is 11.6. The van der Waals surface area contributed by atoms with Gasteiger partial charge in [-0.05, 0) is 56.8 Å². The summed E-state index contributed by atoms with van der Waals surface area (Å²) in [5.74, 6) is 1.70. The Labute approximate surface area is 173 Å². The van der Waals surface area contributed by atoms with Crippen molar-refractivity contribution >= 4 is 11.7 Å². The molecule has 0 aliphatic carbocycles. The first-order chi connectivity index (χ1) is 14.1. The van der Waals surface area contributed by atoms with Crippen LogP contribution in [0.5, 0.6) is 0 Å². The van der Waals surface area contributed by atoms with Gasteiger partial charge in [0.2, 0.25) is 5.91 Å². The molecule has 1 N–H and O–H groups in total. The molecule has 1 aromatic rings. The molecule has 0 aromatic carbocycles. The molecule has 0 bridgehead atoms. The molecule has 3 fully saturated rings. The fraction of sp³-hybridized carbons (Fsp3) is 0.773. The van der Waals surface area contributed by atoms with Crippen molar-refractivity contribution in [2.45, 2.75) is 58.0 Å². The highest BCUT2D eigenvalue weighted by atomic mass is 16.5. The molecule has 1 amide bonds. The second-order valence-electron chi connectivity index (χ2n) is 9.05. The number of carbonyl (C=O) groups is 1. The largest absolute Gasteiger partial charge is 0.381 e. The number of nitrogens with one attached hydrogen (secondary N) is 1. The normalized spacial score (nSPS) is 25.1. The lowest BCUT2D eigenvalue weighted by molar-refractivity contribution is -0.124. The zero-order valence-electron chi connectivity index (χ0n) is 17.6. The number of anilines is 1. The minimum Gasteiger partial charge on any atom is -0.381 e. The summed E-state index contributed by atoms with van der Waals surface area (Å²) in [4.78, 5) is 23.2. The van der Waals surface area contributed by atoms with E-state index in [1.165, 1.54) is 6.42 Å².